The zero-order valence-corrected chi connectivity index (χ0v) is 68.4. The van der Waals surface area contributed by atoms with Crippen LogP contribution in [0, 0.1) is 4.91 Å². The minimum atomic E-state index is -0.447. The number of carbonyl (C=O) groups excluding carboxylic acids is 2. The fraction of sp³-hybridized carbons (Fsp3) is 0.163. The van der Waals surface area contributed by atoms with Crippen LogP contribution >= 0.6 is 0 Å². The molecule has 14 aromatic rings. The smallest absolute Gasteiger partial charge is 0.343 e. The van der Waals surface area contributed by atoms with Crippen LogP contribution in [0.1, 0.15) is 49.7 Å². The van der Waals surface area contributed by atoms with Crippen molar-refractivity contribution in [2.24, 2.45) is 30.5 Å². The summed E-state index contributed by atoms with van der Waals surface area (Å²) in [7, 11) is 2.67. The number of methoxy groups -OCH3 is 2. The fourth-order valence-corrected chi connectivity index (χ4v) is 12.9. The topological polar surface area (TPSA) is 362 Å². The predicted molar refractivity (Wildman–Crippen MR) is 488 cm³/mol. The van der Waals surface area contributed by atoms with E-state index in [1.807, 2.05) is 249 Å². The number of esters is 2. The van der Waals surface area contributed by atoms with Crippen LogP contribution in [0.4, 0.5) is 11.6 Å². The van der Waals surface area contributed by atoms with Crippen molar-refractivity contribution >= 4 is 40.7 Å². The second kappa shape index (κ2) is 46.9. The van der Waals surface area contributed by atoms with E-state index < -0.39 is 11.9 Å². The van der Waals surface area contributed by atoms with Gasteiger partial charge in [-0.25, -0.2) is 19.6 Å². The first-order chi connectivity index (χ1) is 61.0. The van der Waals surface area contributed by atoms with E-state index in [0.29, 0.717) is 68.4 Å². The highest BCUT2D eigenvalue weighted by Crippen LogP contribution is 2.40. The molecule has 0 fully saturated rings. The number of nitrogens with zero attached hydrogens (tertiary/aromatic N) is 12. The molecular weight excluding hydrogens is 1560 g/mol. The molecule has 1 aliphatic rings. The van der Waals surface area contributed by atoms with Crippen molar-refractivity contribution in [2.75, 3.05) is 66.9 Å². The summed E-state index contributed by atoms with van der Waals surface area (Å²) in [4.78, 5) is 65.4. The monoisotopic (exact) mass is 1650 g/mol. The zero-order chi connectivity index (χ0) is 86.1. The van der Waals surface area contributed by atoms with E-state index >= 15 is 0 Å². The Balaban J connectivity index is 0.000000160. The Morgan fingerprint density at radius 1 is 0.347 bits per heavy atom. The van der Waals surface area contributed by atoms with Gasteiger partial charge in [0.15, 0.2) is 24.9 Å². The third-order valence-electron chi connectivity index (χ3n) is 19.4. The first-order valence-electron chi connectivity index (χ1n) is 40.2. The Hall–Kier alpha value is -16.1. The highest BCUT2D eigenvalue weighted by Gasteiger charge is 2.23. The molecule has 1 aliphatic heterocycles. The molecule has 124 heavy (non-hydrogen) atoms. The molecule has 4 aromatic heterocycles. The fourth-order valence-electron chi connectivity index (χ4n) is 12.9. The molecule has 4 N–H and O–H groups in total. The van der Waals surface area contributed by atoms with Gasteiger partial charge in [0.25, 0.3) is 0 Å². The van der Waals surface area contributed by atoms with Crippen molar-refractivity contribution < 1.29 is 42.7 Å². The van der Waals surface area contributed by atoms with E-state index in [4.69, 9.17) is 50.3 Å². The number of rotatable bonds is 36. The summed E-state index contributed by atoms with van der Waals surface area (Å²) in [5, 5.41) is 13.7. The van der Waals surface area contributed by atoms with Gasteiger partial charge >= 0.3 is 11.9 Å². The lowest BCUT2D eigenvalue weighted by Crippen LogP contribution is -2.12. The number of H-pyrrole nitrogens is 4. The number of azide groups is 3. The van der Waals surface area contributed by atoms with Crippen LogP contribution in [0.2, 0.25) is 0 Å². The molecule has 10 aromatic carbocycles. The van der Waals surface area contributed by atoms with Crippen LogP contribution in [-0.2, 0) is 19.1 Å². The molecule has 0 amide bonds. The van der Waals surface area contributed by atoms with Crippen LogP contribution in [0.25, 0.3) is 126 Å². The Bertz CT molecular complexity index is 5980. The first kappa shape index (κ1) is 87.2. The van der Waals surface area contributed by atoms with Gasteiger partial charge in [0.05, 0.1) is 39.8 Å². The number of nitroso groups, excluding NO2 is 1. The SMILES string of the molecule is COC(=O)COc1ccc(-c2c[nH]c(-c3ccccc3)c2)cc1.COC(=O)COc1ccc(C2=CC(c3ccccc3)=NC2=Nc2[nH]c(-c3ccc(OCCCCN=[N+]=[N-])cc3)cc2-c2ccccc2)cc1.[N-]=[N+]=NCCCCOc1ccc(-c2cc(-c3ccccc3)c(N=O)[nH]2)cc1.[N-]=[N+]=NCCCCOc1ccc(-c2cc(-c3ccccc3)c[nH]2)cc1. The number of unbranched alkanes of at least 4 members (excludes halogenated alkanes) is 3. The minimum absolute atomic E-state index is 0.0852. The molecule has 0 bridgehead atoms. The molecule has 0 radical (unpaired) electrons. The maximum Gasteiger partial charge on any atom is 0.343 e. The van der Waals surface area contributed by atoms with Crippen molar-refractivity contribution in [3.63, 3.8) is 0 Å². The normalized spacial score (nSPS) is 11.3. The highest BCUT2D eigenvalue weighted by molar-refractivity contribution is 6.38. The number of benzene rings is 10. The lowest BCUT2D eigenvalue weighted by molar-refractivity contribution is -0.143. The molecule has 15 rings (SSSR count). The van der Waals surface area contributed by atoms with Crippen LogP contribution in [-0.4, -0.2) is 110 Å². The van der Waals surface area contributed by atoms with E-state index in [1.165, 1.54) is 25.3 Å². The molecule has 26 heteroatoms. The van der Waals surface area contributed by atoms with Crippen molar-refractivity contribution in [1.82, 2.24) is 19.9 Å². The summed E-state index contributed by atoms with van der Waals surface area (Å²) >= 11 is 0. The van der Waals surface area contributed by atoms with Gasteiger partial charge in [0, 0.05) is 91.8 Å². The summed E-state index contributed by atoms with van der Waals surface area (Å²) < 4.78 is 37.4. The number of ether oxygens (including phenoxy) is 7. The van der Waals surface area contributed by atoms with E-state index in [9.17, 15) is 14.5 Å². The van der Waals surface area contributed by atoms with Crippen molar-refractivity contribution in [3.05, 3.63) is 363 Å². The summed E-state index contributed by atoms with van der Waals surface area (Å²) in [5.74, 6) is 4.30. The Labute approximate surface area is 716 Å². The first-order valence-corrected chi connectivity index (χ1v) is 40.2. The highest BCUT2D eigenvalue weighted by atomic mass is 16.6. The number of allylic oxidation sites excluding steroid dienone is 1. The summed E-state index contributed by atoms with van der Waals surface area (Å²) in [5.41, 5.74) is 44.7. The van der Waals surface area contributed by atoms with E-state index in [0.717, 1.165) is 157 Å². The Kier molecular flexibility index (Phi) is 33.0. The lowest BCUT2D eigenvalue weighted by atomic mass is 10.0. The van der Waals surface area contributed by atoms with Gasteiger partial charge in [0.1, 0.15) is 34.6 Å². The van der Waals surface area contributed by atoms with Gasteiger partial charge in [0.2, 0.25) is 0 Å². The zero-order valence-electron chi connectivity index (χ0n) is 68.4. The van der Waals surface area contributed by atoms with Gasteiger partial charge in [-0.15, -0.1) is 4.91 Å². The van der Waals surface area contributed by atoms with Crippen molar-refractivity contribution in [1.29, 1.82) is 0 Å². The standard InChI is InChI=1S/C39H34N6O4.C20H19N5O2.C20H20N4O.C19H17NO3/c1-47-37(46)26-49-32-18-14-28(15-19-32)34-25-35(29-12-6-3-7-13-29)42-39(34)44-38-33(27-10-4-2-5-11-27)24-36(43-38)30-16-20-31(21-17-30)48-23-9-8-22-41-45-40;21-25-22-12-4-5-13-27-17-10-8-16(9-11-17)19-14-18(20(23-19)24-26)15-6-2-1-3-7-15;21-24-23-12-4-5-13-25-19-10-8-17(9-11-19)20-14-18(15-22-20)16-6-2-1-3-7-16;1-22-19(21)13-23-17-9-7-14(8-10-17)16-11-18(20-12-16)15-5-3-2-4-6-15/h2-7,10-21,24-25,43H,8-9,22-23,26H2,1H3;1-3,6-11,14,23H,4-5,12-13H2;1-3,6-11,14-15,22H,4-5,12-13H2;2-12,20H,13H2,1H3. The van der Waals surface area contributed by atoms with Crippen LogP contribution < -0.4 is 23.7 Å². The summed E-state index contributed by atoms with van der Waals surface area (Å²) in [6.45, 7) is 2.97. The Morgan fingerprint density at radius 3 is 1.06 bits per heavy atom. The van der Waals surface area contributed by atoms with Gasteiger partial charge in [-0.3, -0.25) is 0 Å². The number of aromatic amines is 4. The molecule has 5 heterocycles. The maximum absolute atomic E-state index is 11.6. The minimum Gasteiger partial charge on any atom is -0.494 e. The molecule has 0 atom stereocenters. The van der Waals surface area contributed by atoms with Crippen molar-refractivity contribution in [3.8, 4) is 118 Å². The third-order valence-corrected chi connectivity index (χ3v) is 19.4. The number of hydrogen-bond acceptors (Lipinski definition) is 15. The quantitative estimate of drug-likeness (QED) is 0.00718. The molecule has 0 spiro atoms. The Morgan fingerprint density at radius 2 is 0.669 bits per heavy atom. The molecule has 26 nitrogen and oxygen atoms in total. The van der Waals surface area contributed by atoms with Gasteiger partial charge < -0.3 is 53.1 Å². The average Bonchev–Trinajstić information content (AvgIpc) is 1.64. The second-order valence-corrected chi connectivity index (χ2v) is 27.8. The molecule has 0 unspecified atom stereocenters. The maximum atomic E-state index is 11.6. The number of hydrogen-bond donors (Lipinski definition) is 4. The molecule has 0 aliphatic carbocycles. The summed E-state index contributed by atoms with van der Waals surface area (Å²) in [6.07, 6.45) is 11.0. The molecule has 0 saturated carbocycles. The largest absolute Gasteiger partial charge is 0.494 e. The number of nitrogens with one attached hydrogen (secondary N) is 4. The summed E-state index contributed by atoms with van der Waals surface area (Å²) in [6, 6.07) is 97.3. The number of amidine groups is 1. The number of carbonyl (C=O) groups is 2. The van der Waals surface area contributed by atoms with E-state index in [1.54, 1.807) is 0 Å². The van der Waals surface area contributed by atoms with Gasteiger partial charge in [-0.2, -0.15) is 0 Å². The van der Waals surface area contributed by atoms with Crippen molar-refractivity contribution in [2.45, 2.75) is 38.5 Å². The van der Waals surface area contributed by atoms with Gasteiger partial charge in [-0.05, 0) is 249 Å². The van der Waals surface area contributed by atoms with E-state index in [2.05, 4.69) is 131 Å². The lowest BCUT2D eigenvalue weighted by Gasteiger charge is -2.08. The average molecular weight is 1650 g/mol. The number of aliphatic imine (C=N–C) groups is 2. The molecule has 622 valence electrons. The van der Waals surface area contributed by atoms with Crippen LogP contribution in [0.15, 0.2) is 346 Å². The second-order valence-electron chi connectivity index (χ2n) is 27.8. The van der Waals surface area contributed by atoms with Crippen LogP contribution in [0.3, 0.4) is 0 Å². The van der Waals surface area contributed by atoms with Gasteiger partial charge in [-0.1, -0.05) is 191 Å². The molecular formula is C98H90N16O10. The predicted octanol–water partition coefficient (Wildman–Crippen LogP) is 24.9. The van der Waals surface area contributed by atoms with Crippen LogP contribution in [0.5, 0.6) is 28.7 Å². The molecule has 0 saturated heterocycles. The number of aromatic nitrogens is 4. The van der Waals surface area contributed by atoms with E-state index in [-0.39, 0.29) is 13.2 Å². The third kappa shape index (κ3) is 25.9.